The molecule has 1 aliphatic rings. The number of carbonyl (C=O) groups excluding carboxylic acids is 3. The predicted molar refractivity (Wildman–Crippen MR) is 120 cm³/mol. The molecule has 12 heteroatoms. The van der Waals surface area contributed by atoms with Crippen LogP contribution < -0.4 is 21.7 Å². The number of hydrogen-bond acceptors (Lipinski definition) is 4. The van der Waals surface area contributed by atoms with Crippen molar-refractivity contribution in [2.45, 2.75) is 25.2 Å². The molecule has 1 aliphatic heterocycles. The maximum Gasteiger partial charge on any atom is 0.416 e. The van der Waals surface area contributed by atoms with Gasteiger partial charge in [0, 0.05) is 30.7 Å². The monoisotopic (exact) mass is 497 g/mol. The normalized spacial score (nSPS) is 16.2. The van der Waals surface area contributed by atoms with Crippen molar-refractivity contribution in [3.05, 3.63) is 64.2 Å². The Kier molecular flexibility index (Phi) is 8.00. The lowest BCUT2D eigenvalue weighted by Crippen LogP contribution is -2.43. The first kappa shape index (κ1) is 25.3. The van der Waals surface area contributed by atoms with Crippen LogP contribution in [-0.2, 0) is 17.5 Å². The van der Waals surface area contributed by atoms with Gasteiger partial charge in [0.15, 0.2) is 0 Å². The van der Waals surface area contributed by atoms with Crippen molar-refractivity contribution >= 4 is 35.1 Å². The number of alkyl halides is 3. The second-order valence-electron chi connectivity index (χ2n) is 7.84. The minimum absolute atomic E-state index is 0.127. The fourth-order valence-corrected chi connectivity index (χ4v) is 3.75. The molecule has 5 N–H and O–H groups in total. The summed E-state index contributed by atoms with van der Waals surface area (Å²) in [6.07, 6.45) is -3.98. The second-order valence-corrected chi connectivity index (χ2v) is 8.28. The molecule has 0 saturated carbocycles. The first-order chi connectivity index (χ1) is 16.0. The molecular weight excluding hydrogens is 475 g/mol. The summed E-state index contributed by atoms with van der Waals surface area (Å²) >= 11 is 5.89. The van der Waals surface area contributed by atoms with E-state index in [1.807, 2.05) is 24.3 Å². The van der Waals surface area contributed by atoms with Crippen LogP contribution in [0.1, 0.15) is 27.9 Å². The number of nitrogens with one attached hydrogen (secondary N) is 3. The van der Waals surface area contributed by atoms with Gasteiger partial charge in [0.1, 0.15) is 0 Å². The largest absolute Gasteiger partial charge is 0.416 e. The second kappa shape index (κ2) is 10.7. The Bertz CT molecular complexity index is 1060. The zero-order valence-electron chi connectivity index (χ0n) is 17.9. The number of benzene rings is 2. The van der Waals surface area contributed by atoms with E-state index in [0.29, 0.717) is 36.7 Å². The number of nitrogens with two attached hydrogens (primary N) is 1. The van der Waals surface area contributed by atoms with Gasteiger partial charge in [-0.25, -0.2) is 4.79 Å². The highest BCUT2D eigenvalue weighted by Gasteiger charge is 2.32. The molecule has 0 spiro atoms. The Labute approximate surface area is 198 Å². The Hall–Kier alpha value is -3.31. The number of likely N-dealkylation sites (tertiary alicyclic amines) is 1. The van der Waals surface area contributed by atoms with Crippen LogP contribution in [0.4, 0.5) is 23.7 Å². The van der Waals surface area contributed by atoms with E-state index in [0.717, 1.165) is 18.2 Å². The smallest absolute Gasteiger partial charge is 0.351 e. The van der Waals surface area contributed by atoms with Crippen LogP contribution in [-0.4, -0.2) is 48.4 Å². The van der Waals surface area contributed by atoms with Crippen LogP contribution >= 0.6 is 11.6 Å². The third-order valence-corrected chi connectivity index (χ3v) is 5.47. The Balaban J connectivity index is 1.54. The van der Waals surface area contributed by atoms with Crippen molar-refractivity contribution in [1.82, 2.24) is 15.5 Å². The van der Waals surface area contributed by atoms with E-state index in [1.54, 1.807) is 0 Å². The number of anilines is 1. The van der Waals surface area contributed by atoms with Crippen molar-refractivity contribution in [3.8, 4) is 0 Å². The van der Waals surface area contributed by atoms with E-state index >= 15 is 0 Å². The molecule has 34 heavy (non-hydrogen) atoms. The SMILES string of the molecule is NC(=O)Nc1ccc(C(F)(F)F)cc1C(=O)NCC(=O)N[C@@H]1CCN(Cc2ccc(Cl)cc2)C1. The van der Waals surface area contributed by atoms with Crippen LogP contribution in [0.15, 0.2) is 42.5 Å². The first-order valence-electron chi connectivity index (χ1n) is 10.3. The molecule has 3 rings (SSSR count). The molecule has 2 aromatic rings. The van der Waals surface area contributed by atoms with Crippen molar-refractivity contribution in [2.75, 3.05) is 25.0 Å². The summed E-state index contributed by atoms with van der Waals surface area (Å²) in [5, 5.41) is 7.85. The third kappa shape index (κ3) is 7.09. The van der Waals surface area contributed by atoms with Crippen molar-refractivity contribution in [1.29, 1.82) is 0 Å². The maximum atomic E-state index is 13.0. The maximum absolute atomic E-state index is 13.0. The quantitative estimate of drug-likeness (QED) is 0.470. The van der Waals surface area contributed by atoms with E-state index in [4.69, 9.17) is 17.3 Å². The molecule has 8 nitrogen and oxygen atoms in total. The van der Waals surface area contributed by atoms with Crippen LogP contribution in [0.25, 0.3) is 0 Å². The van der Waals surface area contributed by atoms with E-state index in [2.05, 4.69) is 20.9 Å². The molecule has 1 atom stereocenters. The van der Waals surface area contributed by atoms with Gasteiger partial charge < -0.3 is 21.7 Å². The number of nitrogens with zero attached hydrogens (tertiary/aromatic N) is 1. The number of primary amides is 1. The average molecular weight is 498 g/mol. The molecule has 182 valence electrons. The summed E-state index contributed by atoms with van der Waals surface area (Å²) in [5.41, 5.74) is 4.36. The molecule has 0 aromatic heterocycles. The van der Waals surface area contributed by atoms with Gasteiger partial charge in [0.2, 0.25) is 5.91 Å². The van der Waals surface area contributed by atoms with Gasteiger partial charge in [-0.2, -0.15) is 13.2 Å². The lowest BCUT2D eigenvalue weighted by Gasteiger charge is -2.17. The Morgan fingerprint density at radius 3 is 2.47 bits per heavy atom. The molecule has 0 aliphatic carbocycles. The van der Waals surface area contributed by atoms with Crippen LogP contribution in [0.2, 0.25) is 5.02 Å². The summed E-state index contributed by atoms with van der Waals surface area (Å²) in [4.78, 5) is 38.1. The van der Waals surface area contributed by atoms with E-state index in [-0.39, 0.29) is 11.7 Å². The number of rotatable bonds is 7. The van der Waals surface area contributed by atoms with E-state index in [9.17, 15) is 27.6 Å². The molecule has 0 unspecified atom stereocenters. The standard InChI is InChI=1S/C22H23ClF3N5O3/c23-15-4-1-13(2-5-15)11-31-8-7-16(12-31)29-19(32)10-28-20(33)17-9-14(22(24,25)26)3-6-18(17)30-21(27)34/h1-6,9,16H,7-8,10-12H2,(H,28,33)(H,29,32)(H3,27,30,34)/t16-/m1/s1. The highest BCUT2D eigenvalue weighted by Crippen LogP contribution is 2.32. The highest BCUT2D eigenvalue weighted by molar-refractivity contribution is 6.30. The summed E-state index contributed by atoms with van der Waals surface area (Å²) in [7, 11) is 0. The lowest BCUT2D eigenvalue weighted by atomic mass is 10.1. The Morgan fingerprint density at radius 1 is 1.12 bits per heavy atom. The predicted octanol–water partition coefficient (Wildman–Crippen LogP) is 2.97. The number of halogens is 4. The highest BCUT2D eigenvalue weighted by atomic mass is 35.5. The Morgan fingerprint density at radius 2 is 1.82 bits per heavy atom. The zero-order valence-corrected chi connectivity index (χ0v) is 18.7. The van der Waals surface area contributed by atoms with Gasteiger partial charge in [-0.15, -0.1) is 0 Å². The van der Waals surface area contributed by atoms with E-state index < -0.39 is 41.7 Å². The molecule has 0 bridgehead atoms. The fraction of sp³-hybridized carbons (Fsp3) is 0.318. The molecule has 4 amide bonds. The van der Waals surface area contributed by atoms with Gasteiger partial charge in [0.05, 0.1) is 23.4 Å². The van der Waals surface area contributed by atoms with E-state index in [1.165, 1.54) is 0 Å². The zero-order chi connectivity index (χ0) is 24.9. The average Bonchev–Trinajstić information content (AvgIpc) is 3.19. The summed E-state index contributed by atoms with van der Waals surface area (Å²) in [5.74, 6) is -1.44. The van der Waals surface area contributed by atoms with Crippen molar-refractivity contribution < 1.29 is 27.6 Å². The number of amides is 4. The molecule has 1 saturated heterocycles. The van der Waals surface area contributed by atoms with Gasteiger partial charge in [-0.1, -0.05) is 23.7 Å². The number of hydrogen-bond donors (Lipinski definition) is 4. The van der Waals surface area contributed by atoms with Crippen molar-refractivity contribution in [3.63, 3.8) is 0 Å². The summed E-state index contributed by atoms with van der Waals surface area (Å²) < 4.78 is 39.1. The topological polar surface area (TPSA) is 117 Å². The molecule has 1 fully saturated rings. The minimum atomic E-state index is -4.70. The van der Waals surface area contributed by atoms with Gasteiger partial charge in [-0.05, 0) is 42.3 Å². The molecule has 2 aromatic carbocycles. The van der Waals surface area contributed by atoms with Gasteiger partial charge in [-0.3, -0.25) is 14.5 Å². The third-order valence-electron chi connectivity index (χ3n) is 5.22. The van der Waals surface area contributed by atoms with Crippen LogP contribution in [0.3, 0.4) is 0 Å². The first-order valence-corrected chi connectivity index (χ1v) is 10.7. The molecule has 0 radical (unpaired) electrons. The number of carbonyl (C=O) groups is 3. The lowest BCUT2D eigenvalue weighted by molar-refractivity contribution is -0.137. The summed E-state index contributed by atoms with van der Waals surface area (Å²) in [6.45, 7) is 1.64. The van der Waals surface area contributed by atoms with Crippen LogP contribution in [0, 0.1) is 0 Å². The molecular formula is C22H23ClF3N5O3. The van der Waals surface area contributed by atoms with Crippen LogP contribution in [0.5, 0.6) is 0 Å². The van der Waals surface area contributed by atoms with Gasteiger partial charge >= 0.3 is 12.2 Å². The molecule has 1 heterocycles. The fourth-order valence-electron chi connectivity index (χ4n) is 3.63. The van der Waals surface area contributed by atoms with Gasteiger partial charge in [0.25, 0.3) is 5.91 Å². The van der Waals surface area contributed by atoms with Crippen molar-refractivity contribution in [2.24, 2.45) is 5.73 Å². The number of urea groups is 1. The summed E-state index contributed by atoms with van der Waals surface area (Å²) in [6, 6.07) is 8.53. The minimum Gasteiger partial charge on any atom is -0.351 e.